The maximum atomic E-state index is 11.5. The summed E-state index contributed by atoms with van der Waals surface area (Å²) in [5, 5.41) is 6.13. The van der Waals surface area contributed by atoms with Crippen molar-refractivity contribution >= 4 is 5.91 Å². The summed E-state index contributed by atoms with van der Waals surface area (Å²) >= 11 is 0. The molecule has 17 heavy (non-hydrogen) atoms. The van der Waals surface area contributed by atoms with Gasteiger partial charge in [-0.05, 0) is 43.4 Å². The van der Waals surface area contributed by atoms with Crippen molar-refractivity contribution < 1.29 is 4.79 Å². The molecule has 92 valence electrons. The monoisotopic (exact) mass is 232 g/mol. The van der Waals surface area contributed by atoms with E-state index >= 15 is 0 Å². The molecule has 1 fully saturated rings. The summed E-state index contributed by atoms with van der Waals surface area (Å²) in [6, 6.07) is 6.88. The second-order valence-electron chi connectivity index (χ2n) is 4.85. The van der Waals surface area contributed by atoms with Gasteiger partial charge in [-0.2, -0.15) is 0 Å². The normalized spacial score (nSPS) is 14.7. The Kier molecular flexibility index (Phi) is 3.79. The number of amides is 1. The molecule has 0 saturated heterocycles. The highest BCUT2D eigenvalue weighted by molar-refractivity contribution is 5.78. The molecular weight excluding hydrogens is 212 g/mol. The van der Waals surface area contributed by atoms with Crippen molar-refractivity contribution in [3.63, 3.8) is 0 Å². The summed E-state index contributed by atoms with van der Waals surface area (Å²) in [5.41, 5.74) is 3.72. The minimum Gasteiger partial charge on any atom is -0.351 e. The van der Waals surface area contributed by atoms with Gasteiger partial charge in [0.15, 0.2) is 0 Å². The van der Waals surface area contributed by atoms with Crippen molar-refractivity contribution in [2.45, 2.75) is 39.3 Å². The molecular formula is C14H20N2O. The summed E-state index contributed by atoms with van der Waals surface area (Å²) in [7, 11) is 0. The Morgan fingerprint density at radius 1 is 1.29 bits per heavy atom. The van der Waals surface area contributed by atoms with Gasteiger partial charge in [0.1, 0.15) is 0 Å². The van der Waals surface area contributed by atoms with Crippen molar-refractivity contribution in [1.82, 2.24) is 10.6 Å². The van der Waals surface area contributed by atoms with Crippen LogP contribution in [0.1, 0.15) is 29.5 Å². The minimum absolute atomic E-state index is 0.0788. The van der Waals surface area contributed by atoms with Crippen LogP contribution in [0.15, 0.2) is 18.2 Å². The second kappa shape index (κ2) is 5.32. The Balaban J connectivity index is 1.75. The van der Waals surface area contributed by atoms with Crippen LogP contribution >= 0.6 is 0 Å². The molecule has 1 aromatic rings. The minimum atomic E-state index is 0.0788. The Morgan fingerprint density at radius 3 is 2.71 bits per heavy atom. The van der Waals surface area contributed by atoms with E-state index in [-0.39, 0.29) is 5.91 Å². The number of rotatable bonds is 5. The van der Waals surface area contributed by atoms with E-state index < -0.39 is 0 Å². The van der Waals surface area contributed by atoms with E-state index in [2.05, 4.69) is 42.7 Å². The van der Waals surface area contributed by atoms with Crippen LogP contribution in [0.3, 0.4) is 0 Å². The van der Waals surface area contributed by atoms with Gasteiger partial charge in [-0.25, -0.2) is 0 Å². The van der Waals surface area contributed by atoms with Crippen LogP contribution in [-0.2, 0) is 11.3 Å². The Hall–Kier alpha value is -1.35. The first-order valence-corrected chi connectivity index (χ1v) is 6.21. The molecule has 2 N–H and O–H groups in total. The number of carbonyl (C=O) groups excluding carboxylic acids is 1. The third-order valence-electron chi connectivity index (χ3n) is 3.19. The van der Waals surface area contributed by atoms with E-state index in [1.165, 1.54) is 24.0 Å². The standard InChI is InChI=1S/C14H20N2O/c1-10-3-4-12(7-11(10)2)8-16-14(17)9-15-13-5-6-13/h3-4,7,13,15H,5-6,8-9H2,1-2H3,(H,16,17). The summed E-state index contributed by atoms with van der Waals surface area (Å²) in [6.07, 6.45) is 2.43. The summed E-state index contributed by atoms with van der Waals surface area (Å²) in [6.45, 7) is 5.24. The zero-order valence-corrected chi connectivity index (χ0v) is 10.5. The highest BCUT2D eigenvalue weighted by atomic mass is 16.1. The van der Waals surface area contributed by atoms with E-state index in [4.69, 9.17) is 0 Å². The van der Waals surface area contributed by atoms with Crippen molar-refractivity contribution in [3.05, 3.63) is 34.9 Å². The molecule has 1 aromatic carbocycles. The molecule has 3 heteroatoms. The van der Waals surface area contributed by atoms with Gasteiger partial charge < -0.3 is 10.6 Å². The number of carbonyl (C=O) groups is 1. The van der Waals surface area contributed by atoms with Crippen molar-refractivity contribution in [1.29, 1.82) is 0 Å². The lowest BCUT2D eigenvalue weighted by Crippen LogP contribution is -2.34. The highest BCUT2D eigenvalue weighted by Crippen LogP contribution is 2.17. The fraction of sp³-hybridized carbons (Fsp3) is 0.500. The molecule has 0 atom stereocenters. The van der Waals surface area contributed by atoms with E-state index in [9.17, 15) is 4.79 Å². The molecule has 2 rings (SSSR count). The second-order valence-corrected chi connectivity index (χ2v) is 4.85. The lowest BCUT2D eigenvalue weighted by atomic mass is 10.1. The van der Waals surface area contributed by atoms with E-state index in [1.54, 1.807) is 0 Å². The van der Waals surface area contributed by atoms with Gasteiger partial charge in [0.05, 0.1) is 6.54 Å². The lowest BCUT2D eigenvalue weighted by molar-refractivity contribution is -0.120. The molecule has 0 bridgehead atoms. The van der Waals surface area contributed by atoms with Crippen LogP contribution in [0.2, 0.25) is 0 Å². The zero-order valence-electron chi connectivity index (χ0n) is 10.5. The van der Waals surface area contributed by atoms with Crippen molar-refractivity contribution in [2.24, 2.45) is 0 Å². The SMILES string of the molecule is Cc1ccc(CNC(=O)CNC2CC2)cc1C. The van der Waals surface area contributed by atoms with E-state index in [1.807, 2.05) is 0 Å². The molecule has 0 unspecified atom stereocenters. The topological polar surface area (TPSA) is 41.1 Å². The number of aryl methyl sites for hydroxylation is 2. The third kappa shape index (κ3) is 3.86. The van der Waals surface area contributed by atoms with Crippen LogP contribution in [0, 0.1) is 13.8 Å². The maximum absolute atomic E-state index is 11.5. The molecule has 3 nitrogen and oxygen atoms in total. The highest BCUT2D eigenvalue weighted by Gasteiger charge is 2.20. The molecule has 1 amide bonds. The number of hydrogen-bond acceptors (Lipinski definition) is 2. The van der Waals surface area contributed by atoms with E-state index in [0.717, 1.165) is 5.56 Å². The molecule has 0 radical (unpaired) electrons. The molecule has 1 aliphatic carbocycles. The van der Waals surface area contributed by atoms with Gasteiger partial charge in [0.25, 0.3) is 0 Å². The Morgan fingerprint density at radius 2 is 2.06 bits per heavy atom. The van der Waals surface area contributed by atoms with Crippen LogP contribution in [-0.4, -0.2) is 18.5 Å². The largest absolute Gasteiger partial charge is 0.351 e. The maximum Gasteiger partial charge on any atom is 0.234 e. The fourth-order valence-electron chi connectivity index (χ4n) is 1.70. The molecule has 1 aliphatic rings. The molecule has 0 heterocycles. The molecule has 1 saturated carbocycles. The predicted molar refractivity (Wildman–Crippen MR) is 68.8 cm³/mol. The van der Waals surface area contributed by atoms with Gasteiger partial charge in [-0.15, -0.1) is 0 Å². The molecule has 0 spiro atoms. The first-order chi connectivity index (χ1) is 8.15. The van der Waals surface area contributed by atoms with E-state index in [0.29, 0.717) is 19.1 Å². The first kappa shape index (κ1) is 12.1. The van der Waals surface area contributed by atoms with Crippen LogP contribution in [0.4, 0.5) is 0 Å². The zero-order chi connectivity index (χ0) is 12.3. The van der Waals surface area contributed by atoms with Gasteiger partial charge >= 0.3 is 0 Å². The Bertz CT molecular complexity index is 411. The number of benzene rings is 1. The summed E-state index contributed by atoms with van der Waals surface area (Å²) < 4.78 is 0. The predicted octanol–water partition coefficient (Wildman–Crippen LogP) is 1.67. The quantitative estimate of drug-likeness (QED) is 0.811. The summed E-state index contributed by atoms with van der Waals surface area (Å²) in [4.78, 5) is 11.5. The molecule has 0 aromatic heterocycles. The van der Waals surface area contributed by atoms with Gasteiger partial charge in [-0.3, -0.25) is 4.79 Å². The Labute approximate surface area is 103 Å². The van der Waals surface area contributed by atoms with Crippen LogP contribution in [0.25, 0.3) is 0 Å². The van der Waals surface area contributed by atoms with Gasteiger partial charge in [0, 0.05) is 12.6 Å². The fourth-order valence-corrected chi connectivity index (χ4v) is 1.70. The number of hydrogen-bond donors (Lipinski definition) is 2. The average molecular weight is 232 g/mol. The van der Waals surface area contributed by atoms with Crippen molar-refractivity contribution in [2.75, 3.05) is 6.54 Å². The summed E-state index contributed by atoms with van der Waals surface area (Å²) in [5.74, 6) is 0.0788. The van der Waals surface area contributed by atoms with Gasteiger partial charge in [-0.1, -0.05) is 18.2 Å². The van der Waals surface area contributed by atoms with Crippen molar-refractivity contribution in [3.8, 4) is 0 Å². The first-order valence-electron chi connectivity index (χ1n) is 6.21. The van der Waals surface area contributed by atoms with Crippen LogP contribution < -0.4 is 10.6 Å². The van der Waals surface area contributed by atoms with Crippen LogP contribution in [0.5, 0.6) is 0 Å². The smallest absolute Gasteiger partial charge is 0.234 e. The average Bonchev–Trinajstić information content (AvgIpc) is 3.12. The molecule has 0 aliphatic heterocycles. The third-order valence-corrected chi connectivity index (χ3v) is 3.19. The lowest BCUT2D eigenvalue weighted by Gasteiger charge is -2.08. The number of nitrogens with one attached hydrogen (secondary N) is 2. The van der Waals surface area contributed by atoms with Gasteiger partial charge in [0.2, 0.25) is 5.91 Å².